The maximum absolute atomic E-state index is 14.5. The first kappa shape index (κ1) is 23.7. The van der Waals surface area contributed by atoms with E-state index in [0.717, 1.165) is 12.5 Å². The SMILES string of the molecule is C=CCC(C)C(CC=C)Cc1cc(F)c(C)c(C(F)(F)F)c1OCc1ccccc1. The Labute approximate surface area is 176 Å². The van der Waals surface area contributed by atoms with Crippen LogP contribution in [0.4, 0.5) is 17.6 Å². The van der Waals surface area contributed by atoms with E-state index in [1.54, 1.807) is 36.4 Å². The largest absolute Gasteiger partial charge is 0.488 e. The van der Waals surface area contributed by atoms with Crippen molar-refractivity contribution in [1.29, 1.82) is 0 Å². The van der Waals surface area contributed by atoms with Gasteiger partial charge < -0.3 is 4.74 Å². The molecule has 0 amide bonds. The van der Waals surface area contributed by atoms with Gasteiger partial charge in [0, 0.05) is 5.56 Å². The van der Waals surface area contributed by atoms with Gasteiger partial charge >= 0.3 is 6.18 Å². The van der Waals surface area contributed by atoms with Crippen LogP contribution in [0.2, 0.25) is 0 Å². The molecule has 0 saturated heterocycles. The van der Waals surface area contributed by atoms with Crippen LogP contribution in [0.1, 0.15) is 42.0 Å². The maximum Gasteiger partial charge on any atom is 0.420 e. The third kappa shape index (κ3) is 5.97. The van der Waals surface area contributed by atoms with Crippen LogP contribution in [-0.4, -0.2) is 0 Å². The van der Waals surface area contributed by atoms with Gasteiger partial charge in [0.2, 0.25) is 0 Å². The van der Waals surface area contributed by atoms with Gasteiger partial charge in [-0.1, -0.05) is 49.4 Å². The molecule has 0 fully saturated rings. The van der Waals surface area contributed by atoms with Crippen molar-refractivity contribution < 1.29 is 22.3 Å². The van der Waals surface area contributed by atoms with Crippen LogP contribution in [0.25, 0.3) is 0 Å². The summed E-state index contributed by atoms with van der Waals surface area (Å²) in [6.45, 7) is 10.6. The molecule has 0 aromatic heterocycles. The number of alkyl halides is 3. The Hall–Kier alpha value is -2.56. The van der Waals surface area contributed by atoms with Gasteiger partial charge in [0.15, 0.2) is 0 Å². The third-order valence-electron chi connectivity index (χ3n) is 5.36. The van der Waals surface area contributed by atoms with E-state index in [-0.39, 0.29) is 36.2 Å². The molecule has 0 aliphatic rings. The van der Waals surface area contributed by atoms with Gasteiger partial charge in [0.05, 0.1) is 0 Å². The molecule has 2 rings (SSSR count). The quantitative estimate of drug-likeness (QED) is 0.283. The van der Waals surface area contributed by atoms with Crippen LogP contribution < -0.4 is 4.74 Å². The molecule has 2 unspecified atom stereocenters. The lowest BCUT2D eigenvalue weighted by Gasteiger charge is -2.26. The Kier molecular flexibility index (Phi) is 8.27. The molecule has 0 spiro atoms. The molecule has 162 valence electrons. The van der Waals surface area contributed by atoms with Crippen LogP contribution in [0.5, 0.6) is 5.75 Å². The third-order valence-corrected chi connectivity index (χ3v) is 5.36. The van der Waals surface area contributed by atoms with Crippen molar-refractivity contribution in [2.24, 2.45) is 11.8 Å². The first-order valence-electron chi connectivity index (χ1n) is 9.96. The van der Waals surface area contributed by atoms with E-state index in [0.29, 0.717) is 12.8 Å². The molecular weight excluding hydrogens is 392 g/mol. The minimum Gasteiger partial charge on any atom is -0.488 e. The molecule has 30 heavy (non-hydrogen) atoms. The summed E-state index contributed by atoms with van der Waals surface area (Å²) in [5.41, 5.74) is -0.527. The summed E-state index contributed by atoms with van der Waals surface area (Å²) in [7, 11) is 0. The second-order valence-corrected chi connectivity index (χ2v) is 7.61. The molecule has 0 radical (unpaired) electrons. The number of halogens is 4. The molecule has 5 heteroatoms. The molecule has 2 aromatic carbocycles. The molecule has 2 aromatic rings. The summed E-state index contributed by atoms with van der Waals surface area (Å²) < 4.78 is 61.9. The normalized spacial score (nSPS) is 13.5. The molecule has 1 nitrogen and oxygen atoms in total. The van der Waals surface area contributed by atoms with Crippen molar-refractivity contribution in [1.82, 2.24) is 0 Å². The van der Waals surface area contributed by atoms with Crippen molar-refractivity contribution >= 4 is 0 Å². The fourth-order valence-electron chi connectivity index (χ4n) is 3.63. The zero-order valence-corrected chi connectivity index (χ0v) is 17.4. The van der Waals surface area contributed by atoms with Crippen molar-refractivity contribution in [2.45, 2.75) is 45.9 Å². The first-order valence-corrected chi connectivity index (χ1v) is 9.96. The number of allylic oxidation sites excluding steroid dienone is 2. The van der Waals surface area contributed by atoms with Crippen LogP contribution >= 0.6 is 0 Å². The van der Waals surface area contributed by atoms with Crippen molar-refractivity contribution in [3.8, 4) is 5.75 Å². The van der Waals surface area contributed by atoms with Gasteiger partial charge in [0.1, 0.15) is 23.7 Å². The van der Waals surface area contributed by atoms with Crippen LogP contribution in [0, 0.1) is 24.6 Å². The molecular formula is C25H28F4O. The van der Waals surface area contributed by atoms with Crippen molar-refractivity contribution in [3.63, 3.8) is 0 Å². The summed E-state index contributed by atoms with van der Waals surface area (Å²) in [4.78, 5) is 0. The van der Waals surface area contributed by atoms with Crippen LogP contribution in [-0.2, 0) is 19.2 Å². The number of rotatable bonds is 10. The van der Waals surface area contributed by atoms with Crippen molar-refractivity contribution in [2.75, 3.05) is 0 Å². The number of hydrogen-bond donors (Lipinski definition) is 0. The van der Waals surface area contributed by atoms with E-state index in [2.05, 4.69) is 13.2 Å². The van der Waals surface area contributed by atoms with Crippen LogP contribution in [0.15, 0.2) is 61.7 Å². The molecule has 0 bridgehead atoms. The molecule has 0 heterocycles. The molecule has 0 aliphatic heterocycles. The van der Waals surface area contributed by atoms with Crippen molar-refractivity contribution in [3.05, 3.63) is 89.8 Å². The minimum absolute atomic E-state index is 0.0113. The zero-order valence-electron chi connectivity index (χ0n) is 17.4. The summed E-state index contributed by atoms with van der Waals surface area (Å²) in [5.74, 6) is -1.02. The molecule has 0 saturated carbocycles. The summed E-state index contributed by atoms with van der Waals surface area (Å²) in [6, 6.07) is 10.1. The molecule has 2 atom stereocenters. The van der Waals surface area contributed by atoms with E-state index < -0.39 is 23.1 Å². The standard InChI is InChI=1S/C25H28F4O/c1-5-10-17(3)20(11-6-2)14-21-15-22(26)18(4)23(25(27,28)29)24(21)30-16-19-12-8-7-9-13-19/h5-9,12-13,15,17,20H,1-2,10-11,14,16H2,3-4H3. The summed E-state index contributed by atoms with van der Waals surface area (Å²) in [6.07, 6.45) is 0.358. The monoisotopic (exact) mass is 420 g/mol. The highest BCUT2D eigenvalue weighted by atomic mass is 19.4. The van der Waals surface area contributed by atoms with E-state index in [1.165, 1.54) is 6.07 Å². The average molecular weight is 420 g/mol. The predicted molar refractivity (Wildman–Crippen MR) is 113 cm³/mol. The molecule has 0 aliphatic carbocycles. The highest BCUT2D eigenvalue weighted by molar-refractivity contribution is 5.49. The fraction of sp³-hybridized carbons (Fsp3) is 0.360. The topological polar surface area (TPSA) is 9.23 Å². The average Bonchev–Trinajstić information content (AvgIpc) is 2.69. The summed E-state index contributed by atoms with van der Waals surface area (Å²) in [5, 5.41) is 0. The highest BCUT2D eigenvalue weighted by Crippen LogP contribution is 2.43. The van der Waals surface area contributed by atoms with E-state index in [9.17, 15) is 17.6 Å². The van der Waals surface area contributed by atoms with E-state index in [1.807, 2.05) is 13.0 Å². The molecule has 0 N–H and O–H groups in total. The highest BCUT2D eigenvalue weighted by Gasteiger charge is 2.39. The summed E-state index contributed by atoms with van der Waals surface area (Å²) >= 11 is 0. The van der Waals surface area contributed by atoms with Gasteiger partial charge in [0.25, 0.3) is 0 Å². The van der Waals surface area contributed by atoms with Gasteiger partial charge in [-0.2, -0.15) is 13.2 Å². The van der Waals surface area contributed by atoms with Gasteiger partial charge in [-0.05, 0) is 55.2 Å². The van der Waals surface area contributed by atoms with Gasteiger partial charge in [-0.25, -0.2) is 4.39 Å². The Morgan fingerprint density at radius 2 is 1.70 bits per heavy atom. The number of benzene rings is 2. The maximum atomic E-state index is 14.5. The Balaban J connectivity index is 2.52. The Bertz CT molecular complexity index is 856. The minimum atomic E-state index is -4.73. The lowest BCUT2D eigenvalue weighted by atomic mass is 9.82. The lowest BCUT2D eigenvalue weighted by molar-refractivity contribution is -0.139. The first-order chi connectivity index (χ1) is 14.2. The van der Waals surface area contributed by atoms with E-state index >= 15 is 0 Å². The second kappa shape index (κ2) is 10.5. The number of hydrogen-bond acceptors (Lipinski definition) is 1. The lowest BCUT2D eigenvalue weighted by Crippen LogP contribution is -2.18. The fourth-order valence-corrected chi connectivity index (χ4v) is 3.63. The zero-order chi connectivity index (χ0) is 22.3. The Morgan fingerprint density at radius 3 is 2.27 bits per heavy atom. The number of ether oxygens (including phenoxy) is 1. The van der Waals surface area contributed by atoms with Gasteiger partial charge in [-0.15, -0.1) is 13.2 Å². The second-order valence-electron chi connectivity index (χ2n) is 7.61. The van der Waals surface area contributed by atoms with Gasteiger partial charge in [-0.3, -0.25) is 0 Å². The van der Waals surface area contributed by atoms with E-state index in [4.69, 9.17) is 4.74 Å². The predicted octanol–water partition coefficient (Wildman–Crippen LogP) is 7.68. The smallest absolute Gasteiger partial charge is 0.420 e. The van der Waals surface area contributed by atoms with Crippen LogP contribution in [0.3, 0.4) is 0 Å². The Morgan fingerprint density at radius 1 is 1.07 bits per heavy atom.